The van der Waals surface area contributed by atoms with Gasteiger partial charge >= 0.3 is 0 Å². The van der Waals surface area contributed by atoms with Crippen LogP contribution in [0.25, 0.3) is 0 Å². The fourth-order valence-electron chi connectivity index (χ4n) is 1.46. The third-order valence-electron chi connectivity index (χ3n) is 2.27. The Morgan fingerprint density at radius 1 is 1.53 bits per heavy atom. The second-order valence-corrected chi connectivity index (χ2v) is 5.66. The highest BCUT2D eigenvalue weighted by Crippen LogP contribution is 2.19. The molecule has 86 valence electrons. The molecule has 3 N–H and O–H groups in total. The average molecular weight is 291 g/mol. The van der Waals surface area contributed by atoms with E-state index in [1.165, 1.54) is 15.8 Å². The van der Waals surface area contributed by atoms with Crippen LogP contribution in [0.5, 0.6) is 0 Å². The summed E-state index contributed by atoms with van der Waals surface area (Å²) in [6, 6.07) is 2.52. The molecule has 0 fully saturated rings. The quantitative estimate of drug-likeness (QED) is 0.758. The van der Waals surface area contributed by atoms with Crippen molar-refractivity contribution < 1.29 is 0 Å². The Hall–Kier alpha value is 0.1000. The summed E-state index contributed by atoms with van der Waals surface area (Å²) in [6.07, 6.45) is 3.38. The maximum Gasteiger partial charge on any atom is 0.0300 e. The molecule has 1 rings (SSSR count). The largest absolute Gasteiger partial charge is 0.328 e. The van der Waals surface area contributed by atoms with Gasteiger partial charge in [0.15, 0.2) is 0 Å². The van der Waals surface area contributed by atoms with Gasteiger partial charge in [0.25, 0.3) is 0 Å². The molecule has 0 aliphatic carbocycles. The Balaban J connectivity index is 2.06. The molecule has 0 radical (unpaired) electrons. The van der Waals surface area contributed by atoms with Crippen molar-refractivity contribution in [2.24, 2.45) is 5.73 Å². The maximum atomic E-state index is 5.92. The Morgan fingerprint density at radius 2 is 2.33 bits per heavy atom. The van der Waals surface area contributed by atoms with Crippen molar-refractivity contribution in [3.63, 3.8) is 0 Å². The molecule has 1 aromatic rings. The van der Waals surface area contributed by atoms with Crippen LogP contribution in [-0.4, -0.2) is 12.6 Å². The second kappa shape index (κ2) is 7.39. The first kappa shape index (κ1) is 13.2. The third kappa shape index (κ3) is 5.66. The molecule has 1 unspecified atom stereocenters. The minimum Gasteiger partial charge on any atom is -0.328 e. The number of hydrogen-bond donors (Lipinski definition) is 2. The summed E-state index contributed by atoms with van der Waals surface area (Å²) in [6.45, 7) is 4.14. The molecule has 0 spiro atoms. The average Bonchev–Trinajstić information content (AvgIpc) is 2.60. The molecule has 0 aliphatic rings. The molecule has 0 bridgehead atoms. The van der Waals surface area contributed by atoms with Crippen LogP contribution in [0, 0.1) is 0 Å². The number of halogens is 1. The Kier molecular flexibility index (Phi) is 6.48. The summed E-state index contributed by atoms with van der Waals surface area (Å²) in [5, 5.41) is 5.52. The minimum absolute atomic E-state index is 0.359. The number of nitrogens with two attached hydrogens (primary N) is 1. The van der Waals surface area contributed by atoms with E-state index in [0.717, 1.165) is 25.9 Å². The first-order valence-electron chi connectivity index (χ1n) is 5.41. The smallest absolute Gasteiger partial charge is 0.0300 e. The number of nitrogens with one attached hydrogen (secondary N) is 1. The molecule has 0 saturated carbocycles. The monoisotopic (exact) mass is 290 g/mol. The number of rotatable bonds is 7. The van der Waals surface area contributed by atoms with Crippen LogP contribution in [0.3, 0.4) is 0 Å². The zero-order valence-corrected chi connectivity index (χ0v) is 11.5. The van der Waals surface area contributed by atoms with Gasteiger partial charge in [0, 0.05) is 27.3 Å². The Morgan fingerprint density at radius 3 is 2.93 bits per heavy atom. The van der Waals surface area contributed by atoms with Crippen LogP contribution in [0.2, 0.25) is 0 Å². The third-order valence-corrected chi connectivity index (χ3v) is 3.97. The molecule has 1 heterocycles. The van der Waals surface area contributed by atoms with Crippen molar-refractivity contribution in [3.05, 3.63) is 20.8 Å². The highest BCUT2D eigenvalue weighted by atomic mass is 79.9. The van der Waals surface area contributed by atoms with Crippen molar-refractivity contribution in [1.82, 2.24) is 5.32 Å². The lowest BCUT2D eigenvalue weighted by Gasteiger charge is -2.10. The van der Waals surface area contributed by atoms with E-state index in [-0.39, 0.29) is 0 Å². The zero-order valence-electron chi connectivity index (χ0n) is 9.13. The van der Waals surface area contributed by atoms with Crippen molar-refractivity contribution >= 4 is 27.3 Å². The topological polar surface area (TPSA) is 38.0 Å². The van der Waals surface area contributed by atoms with Gasteiger partial charge in [-0.2, -0.15) is 0 Å². The van der Waals surface area contributed by atoms with E-state index in [1.807, 2.05) is 0 Å². The second-order valence-electron chi connectivity index (χ2n) is 3.75. The van der Waals surface area contributed by atoms with Gasteiger partial charge in [-0.3, -0.25) is 0 Å². The normalized spacial score (nSPS) is 13.0. The van der Waals surface area contributed by atoms with Crippen LogP contribution in [-0.2, 0) is 6.54 Å². The van der Waals surface area contributed by atoms with E-state index in [4.69, 9.17) is 5.73 Å². The highest BCUT2D eigenvalue weighted by molar-refractivity contribution is 9.10. The van der Waals surface area contributed by atoms with E-state index in [1.54, 1.807) is 11.3 Å². The van der Waals surface area contributed by atoms with E-state index in [9.17, 15) is 0 Å². The molecular weight excluding hydrogens is 272 g/mol. The van der Waals surface area contributed by atoms with Crippen LogP contribution < -0.4 is 11.1 Å². The van der Waals surface area contributed by atoms with Gasteiger partial charge in [-0.05, 0) is 41.4 Å². The first-order chi connectivity index (χ1) is 7.22. The summed E-state index contributed by atoms with van der Waals surface area (Å²) in [5.41, 5.74) is 5.92. The molecular formula is C11H19BrN2S. The van der Waals surface area contributed by atoms with Gasteiger partial charge in [-0.25, -0.2) is 0 Å². The van der Waals surface area contributed by atoms with Crippen LogP contribution in [0.1, 0.15) is 31.1 Å². The maximum absolute atomic E-state index is 5.92. The summed E-state index contributed by atoms with van der Waals surface area (Å²) in [5.74, 6) is 0. The lowest BCUT2D eigenvalue weighted by Crippen LogP contribution is -2.26. The fraction of sp³-hybridized carbons (Fsp3) is 0.636. The highest BCUT2D eigenvalue weighted by Gasteiger charge is 2.01. The SMILES string of the molecule is CCCC(N)CCNCc1cc(Br)cs1. The molecule has 0 aliphatic heterocycles. The molecule has 4 heteroatoms. The number of hydrogen-bond acceptors (Lipinski definition) is 3. The first-order valence-corrected chi connectivity index (χ1v) is 7.09. The molecule has 2 nitrogen and oxygen atoms in total. The van der Waals surface area contributed by atoms with Crippen LogP contribution in [0.15, 0.2) is 15.9 Å². The Labute approximate surface area is 104 Å². The molecule has 0 saturated heterocycles. The van der Waals surface area contributed by atoms with Crippen molar-refractivity contribution in [1.29, 1.82) is 0 Å². The predicted octanol–water partition coefficient (Wildman–Crippen LogP) is 3.12. The zero-order chi connectivity index (χ0) is 11.1. The summed E-state index contributed by atoms with van der Waals surface area (Å²) < 4.78 is 1.17. The van der Waals surface area contributed by atoms with Gasteiger partial charge in [-0.15, -0.1) is 11.3 Å². The van der Waals surface area contributed by atoms with E-state index in [0.29, 0.717) is 6.04 Å². The molecule has 0 amide bonds. The van der Waals surface area contributed by atoms with Crippen molar-refractivity contribution in [3.8, 4) is 0 Å². The summed E-state index contributed by atoms with van der Waals surface area (Å²) >= 11 is 5.23. The lowest BCUT2D eigenvalue weighted by molar-refractivity contribution is 0.528. The van der Waals surface area contributed by atoms with E-state index < -0.39 is 0 Å². The van der Waals surface area contributed by atoms with Gasteiger partial charge in [0.05, 0.1) is 0 Å². The lowest BCUT2D eigenvalue weighted by atomic mass is 10.1. The van der Waals surface area contributed by atoms with E-state index in [2.05, 4.69) is 39.6 Å². The van der Waals surface area contributed by atoms with Gasteiger partial charge < -0.3 is 11.1 Å². The van der Waals surface area contributed by atoms with Gasteiger partial charge in [0.1, 0.15) is 0 Å². The predicted molar refractivity (Wildman–Crippen MR) is 71.2 cm³/mol. The van der Waals surface area contributed by atoms with Gasteiger partial charge in [-0.1, -0.05) is 13.3 Å². The standard InChI is InChI=1S/C11H19BrN2S/c1-2-3-10(13)4-5-14-7-11-6-9(12)8-15-11/h6,8,10,14H,2-5,7,13H2,1H3. The van der Waals surface area contributed by atoms with Crippen LogP contribution in [0.4, 0.5) is 0 Å². The van der Waals surface area contributed by atoms with Crippen molar-refractivity contribution in [2.45, 2.75) is 38.8 Å². The molecule has 1 atom stereocenters. The van der Waals surface area contributed by atoms with E-state index >= 15 is 0 Å². The van der Waals surface area contributed by atoms with Crippen LogP contribution >= 0.6 is 27.3 Å². The van der Waals surface area contributed by atoms with Gasteiger partial charge in [0.2, 0.25) is 0 Å². The summed E-state index contributed by atoms with van der Waals surface area (Å²) in [7, 11) is 0. The Bertz CT molecular complexity index is 275. The molecule has 15 heavy (non-hydrogen) atoms. The summed E-state index contributed by atoms with van der Waals surface area (Å²) in [4.78, 5) is 1.37. The molecule has 0 aromatic carbocycles. The van der Waals surface area contributed by atoms with Crippen molar-refractivity contribution in [2.75, 3.05) is 6.54 Å². The fourth-order valence-corrected chi connectivity index (χ4v) is 2.88. The molecule has 1 aromatic heterocycles. The minimum atomic E-state index is 0.359. The number of thiophene rings is 1.